The van der Waals surface area contributed by atoms with E-state index in [2.05, 4.69) is 19.1 Å². The molecule has 2 heteroatoms. The van der Waals surface area contributed by atoms with Gasteiger partial charge in [-0.3, -0.25) is 0 Å². The first-order valence-corrected chi connectivity index (χ1v) is 7.34. The average Bonchev–Trinajstić information content (AvgIpc) is 2.35. The van der Waals surface area contributed by atoms with E-state index >= 15 is 0 Å². The highest BCUT2D eigenvalue weighted by Crippen LogP contribution is 2.13. The Balaban J connectivity index is 2.79. The second-order valence-electron chi connectivity index (χ2n) is 6.14. The largest absolute Gasteiger partial charge is 0.623 e. The lowest BCUT2D eigenvalue weighted by atomic mass is 10.0. The van der Waals surface area contributed by atoms with Crippen LogP contribution in [0.1, 0.15) is 64.5 Å². The molecule has 1 aromatic carbocycles. The van der Waals surface area contributed by atoms with Crippen LogP contribution in [-0.4, -0.2) is 16.5 Å². The molecule has 0 aliphatic carbocycles. The van der Waals surface area contributed by atoms with Gasteiger partial charge in [0.25, 0.3) is 0 Å². The first-order chi connectivity index (χ1) is 8.95. The highest BCUT2D eigenvalue weighted by atomic mass is 16.5. The predicted octanol–water partition coefficient (Wildman–Crippen LogP) is 4.54. The Hall–Kier alpha value is -1.31. The third-order valence-corrected chi connectivity index (χ3v) is 3.27. The SMILES string of the molecule is CCCCCCc1ccccc1/C=[N+](\[O-])C(C)(C)C. The van der Waals surface area contributed by atoms with Crippen LogP contribution in [0.2, 0.25) is 0 Å². The van der Waals surface area contributed by atoms with Crippen LogP contribution in [0.5, 0.6) is 0 Å². The maximum Gasteiger partial charge on any atom is 0.182 e. The predicted molar refractivity (Wildman–Crippen MR) is 82.8 cm³/mol. The van der Waals surface area contributed by atoms with E-state index in [4.69, 9.17) is 0 Å². The number of hydrogen-bond acceptors (Lipinski definition) is 1. The Morgan fingerprint density at radius 2 is 1.79 bits per heavy atom. The first-order valence-electron chi connectivity index (χ1n) is 7.34. The zero-order valence-electron chi connectivity index (χ0n) is 12.8. The van der Waals surface area contributed by atoms with Crippen LogP contribution >= 0.6 is 0 Å². The molecule has 0 N–H and O–H groups in total. The Bertz CT molecular complexity index is 416. The maximum absolute atomic E-state index is 12.0. The van der Waals surface area contributed by atoms with E-state index in [1.165, 1.54) is 31.2 Å². The highest BCUT2D eigenvalue weighted by molar-refractivity contribution is 5.78. The highest BCUT2D eigenvalue weighted by Gasteiger charge is 2.18. The molecule has 0 fully saturated rings. The number of nitrogens with zero attached hydrogens (tertiary/aromatic N) is 1. The van der Waals surface area contributed by atoms with Crippen molar-refractivity contribution in [1.82, 2.24) is 0 Å². The van der Waals surface area contributed by atoms with Gasteiger partial charge in [-0.1, -0.05) is 44.4 Å². The van der Waals surface area contributed by atoms with Gasteiger partial charge < -0.3 is 5.21 Å². The van der Waals surface area contributed by atoms with Crippen molar-refractivity contribution < 1.29 is 4.74 Å². The molecule has 0 aliphatic rings. The van der Waals surface area contributed by atoms with Gasteiger partial charge in [-0.05, 0) is 24.5 Å². The van der Waals surface area contributed by atoms with E-state index in [1.54, 1.807) is 6.21 Å². The normalized spacial score (nSPS) is 12.7. The van der Waals surface area contributed by atoms with Crippen molar-refractivity contribution in [2.45, 2.75) is 65.3 Å². The van der Waals surface area contributed by atoms with Gasteiger partial charge in [-0.15, -0.1) is 0 Å². The molecule has 0 bridgehead atoms. The molecule has 1 aromatic rings. The van der Waals surface area contributed by atoms with E-state index in [0.29, 0.717) is 0 Å². The van der Waals surface area contributed by atoms with Gasteiger partial charge in [0.15, 0.2) is 11.8 Å². The van der Waals surface area contributed by atoms with Gasteiger partial charge in [0.05, 0.1) is 0 Å². The molecule has 106 valence electrons. The number of hydrogen-bond donors (Lipinski definition) is 0. The summed E-state index contributed by atoms with van der Waals surface area (Å²) in [6, 6.07) is 8.22. The van der Waals surface area contributed by atoms with Gasteiger partial charge in [-0.2, -0.15) is 0 Å². The van der Waals surface area contributed by atoms with Gasteiger partial charge in [-0.25, -0.2) is 4.74 Å². The van der Waals surface area contributed by atoms with Crippen LogP contribution in [0.25, 0.3) is 0 Å². The van der Waals surface area contributed by atoms with Gasteiger partial charge in [0.1, 0.15) is 0 Å². The minimum atomic E-state index is -0.380. The summed E-state index contributed by atoms with van der Waals surface area (Å²) < 4.78 is 1.05. The van der Waals surface area contributed by atoms with Crippen LogP contribution < -0.4 is 0 Å². The molecule has 2 nitrogen and oxygen atoms in total. The van der Waals surface area contributed by atoms with Crippen molar-refractivity contribution in [1.29, 1.82) is 0 Å². The number of benzene rings is 1. The van der Waals surface area contributed by atoms with Crippen LogP contribution in [0.15, 0.2) is 24.3 Å². The Kier molecular flexibility index (Phi) is 6.07. The number of aryl methyl sites for hydroxylation is 1. The van der Waals surface area contributed by atoms with Crippen molar-refractivity contribution >= 4 is 6.21 Å². The monoisotopic (exact) mass is 261 g/mol. The smallest absolute Gasteiger partial charge is 0.182 e. The van der Waals surface area contributed by atoms with Crippen molar-refractivity contribution in [3.63, 3.8) is 0 Å². The van der Waals surface area contributed by atoms with Crippen LogP contribution in [0.4, 0.5) is 0 Å². The van der Waals surface area contributed by atoms with Crippen molar-refractivity contribution in [3.8, 4) is 0 Å². The summed E-state index contributed by atoms with van der Waals surface area (Å²) in [5, 5.41) is 12.0. The molecule has 0 amide bonds. The summed E-state index contributed by atoms with van der Waals surface area (Å²) in [4.78, 5) is 0. The molecule has 0 saturated heterocycles. The molecule has 0 spiro atoms. The van der Waals surface area contributed by atoms with Crippen LogP contribution in [-0.2, 0) is 6.42 Å². The molecule has 0 unspecified atom stereocenters. The van der Waals surface area contributed by atoms with Crippen LogP contribution in [0.3, 0.4) is 0 Å². The lowest BCUT2D eigenvalue weighted by molar-refractivity contribution is -0.530. The molecule has 0 heterocycles. The Morgan fingerprint density at radius 1 is 1.11 bits per heavy atom. The lowest BCUT2D eigenvalue weighted by Crippen LogP contribution is -2.29. The van der Waals surface area contributed by atoms with E-state index < -0.39 is 0 Å². The van der Waals surface area contributed by atoms with Gasteiger partial charge in [0.2, 0.25) is 0 Å². The van der Waals surface area contributed by atoms with E-state index in [1.807, 2.05) is 32.9 Å². The third kappa shape index (κ3) is 5.46. The second-order valence-corrected chi connectivity index (χ2v) is 6.14. The summed E-state index contributed by atoms with van der Waals surface area (Å²) in [5.74, 6) is 0. The molecular weight excluding hydrogens is 234 g/mol. The summed E-state index contributed by atoms with van der Waals surface area (Å²) in [6.07, 6.45) is 7.81. The summed E-state index contributed by atoms with van der Waals surface area (Å²) >= 11 is 0. The summed E-state index contributed by atoms with van der Waals surface area (Å²) in [6.45, 7) is 8.02. The molecule has 19 heavy (non-hydrogen) atoms. The van der Waals surface area contributed by atoms with Gasteiger partial charge in [0, 0.05) is 26.3 Å². The van der Waals surface area contributed by atoms with Gasteiger partial charge >= 0.3 is 0 Å². The number of unbranched alkanes of at least 4 members (excludes halogenated alkanes) is 3. The topological polar surface area (TPSA) is 26.1 Å². The van der Waals surface area contributed by atoms with Crippen molar-refractivity contribution in [2.75, 3.05) is 0 Å². The third-order valence-electron chi connectivity index (χ3n) is 3.27. The lowest BCUT2D eigenvalue weighted by Gasteiger charge is -2.19. The van der Waals surface area contributed by atoms with Crippen molar-refractivity contribution in [2.24, 2.45) is 0 Å². The fraction of sp³-hybridized carbons (Fsp3) is 0.588. The standard InChI is InChI=1S/C17H27NO/c1-5-6-7-8-11-15-12-9-10-13-16(15)14-18(19)17(2,3)4/h9-10,12-14H,5-8,11H2,1-4H3/b18-14-. The molecule has 0 aromatic heterocycles. The average molecular weight is 261 g/mol. The quantitative estimate of drug-likeness (QED) is 0.243. The number of hydroxylamine groups is 1. The Labute approximate surface area is 117 Å². The van der Waals surface area contributed by atoms with E-state index in [0.717, 1.165) is 16.7 Å². The minimum Gasteiger partial charge on any atom is -0.623 e. The fourth-order valence-corrected chi connectivity index (χ4v) is 1.95. The minimum absolute atomic E-state index is 0.380. The van der Waals surface area contributed by atoms with E-state index in [9.17, 15) is 5.21 Å². The van der Waals surface area contributed by atoms with Crippen LogP contribution in [0, 0.1) is 5.21 Å². The number of rotatable bonds is 6. The maximum atomic E-state index is 12.0. The first kappa shape index (κ1) is 15.7. The van der Waals surface area contributed by atoms with E-state index in [-0.39, 0.29) is 5.54 Å². The molecule has 1 rings (SSSR count). The molecular formula is C17H27NO. The van der Waals surface area contributed by atoms with Crippen molar-refractivity contribution in [3.05, 3.63) is 40.6 Å². The second kappa shape index (κ2) is 7.32. The molecule has 0 saturated carbocycles. The molecule has 0 radical (unpaired) electrons. The summed E-state index contributed by atoms with van der Waals surface area (Å²) in [7, 11) is 0. The zero-order valence-corrected chi connectivity index (χ0v) is 12.8. The Morgan fingerprint density at radius 3 is 2.42 bits per heavy atom. The zero-order chi connectivity index (χ0) is 14.3. The molecule has 0 aliphatic heterocycles. The molecule has 0 atom stereocenters. The fourth-order valence-electron chi connectivity index (χ4n) is 1.95. The summed E-state index contributed by atoms with van der Waals surface area (Å²) in [5.41, 5.74) is 1.96.